The van der Waals surface area contributed by atoms with E-state index in [1.54, 1.807) is 6.07 Å². The molecule has 0 aliphatic carbocycles. The molecule has 2 rings (SSSR count). The van der Waals surface area contributed by atoms with Crippen molar-refractivity contribution in [3.05, 3.63) is 32.3 Å². The van der Waals surface area contributed by atoms with Gasteiger partial charge >= 0.3 is 0 Å². The predicted octanol–water partition coefficient (Wildman–Crippen LogP) is 3.87. The molecular formula is C14H19Cl2N3O2. The minimum atomic E-state index is -0.388. The highest BCUT2D eigenvalue weighted by Gasteiger charge is 2.28. The van der Waals surface area contributed by atoms with Crippen LogP contribution in [0.15, 0.2) is 12.1 Å². The first-order valence-corrected chi connectivity index (χ1v) is 7.85. The van der Waals surface area contributed by atoms with Crippen LogP contribution in [0.1, 0.15) is 25.7 Å². The number of rotatable bonds is 5. The number of hydrogen-bond acceptors (Lipinski definition) is 4. The molecule has 1 saturated heterocycles. The normalized spacial score (nSPS) is 18.8. The van der Waals surface area contributed by atoms with Gasteiger partial charge in [0.2, 0.25) is 0 Å². The molecule has 1 atom stereocenters. The second kappa shape index (κ2) is 7.29. The van der Waals surface area contributed by atoms with Gasteiger partial charge in [-0.15, -0.1) is 0 Å². The number of anilines is 1. The molecule has 0 aromatic heterocycles. The molecule has 0 radical (unpaired) electrons. The number of halogens is 2. The summed E-state index contributed by atoms with van der Waals surface area (Å²) < 4.78 is 0. The SMILES string of the molecule is CNCCC1CCCCN1c1cc(Cl)c(Cl)cc1[N+](=O)[O-]. The second-order valence-electron chi connectivity index (χ2n) is 5.25. The lowest BCUT2D eigenvalue weighted by Crippen LogP contribution is -2.41. The molecule has 1 unspecified atom stereocenters. The molecule has 1 heterocycles. The van der Waals surface area contributed by atoms with Crippen molar-refractivity contribution in [3.63, 3.8) is 0 Å². The molecule has 1 aliphatic heterocycles. The van der Waals surface area contributed by atoms with E-state index in [0.29, 0.717) is 16.8 Å². The Labute approximate surface area is 134 Å². The number of piperidine rings is 1. The van der Waals surface area contributed by atoms with Crippen molar-refractivity contribution in [2.75, 3.05) is 25.0 Å². The van der Waals surface area contributed by atoms with E-state index in [1.807, 2.05) is 7.05 Å². The molecule has 0 bridgehead atoms. The smallest absolute Gasteiger partial charge is 0.294 e. The average molecular weight is 332 g/mol. The molecule has 21 heavy (non-hydrogen) atoms. The molecule has 1 fully saturated rings. The molecule has 0 spiro atoms. The molecule has 1 aromatic carbocycles. The minimum Gasteiger partial charge on any atom is -0.363 e. The largest absolute Gasteiger partial charge is 0.363 e. The van der Waals surface area contributed by atoms with E-state index in [4.69, 9.17) is 23.2 Å². The van der Waals surface area contributed by atoms with Gasteiger partial charge in [-0.3, -0.25) is 10.1 Å². The molecule has 1 N–H and O–H groups in total. The van der Waals surface area contributed by atoms with Crippen LogP contribution in [-0.4, -0.2) is 31.1 Å². The van der Waals surface area contributed by atoms with Gasteiger partial charge < -0.3 is 10.2 Å². The third-order valence-electron chi connectivity index (χ3n) is 3.88. The van der Waals surface area contributed by atoms with Crippen molar-refractivity contribution >= 4 is 34.6 Å². The lowest BCUT2D eigenvalue weighted by molar-refractivity contribution is -0.384. The van der Waals surface area contributed by atoms with Crippen LogP contribution < -0.4 is 10.2 Å². The van der Waals surface area contributed by atoms with E-state index in [2.05, 4.69) is 10.2 Å². The van der Waals surface area contributed by atoms with Gasteiger partial charge in [-0.05, 0) is 45.3 Å². The van der Waals surface area contributed by atoms with Crippen LogP contribution in [0.5, 0.6) is 0 Å². The fraction of sp³-hybridized carbons (Fsp3) is 0.571. The van der Waals surface area contributed by atoms with E-state index < -0.39 is 0 Å². The Hall–Kier alpha value is -1.04. The fourth-order valence-corrected chi connectivity index (χ4v) is 3.15. The second-order valence-corrected chi connectivity index (χ2v) is 6.06. The highest BCUT2D eigenvalue weighted by Crippen LogP contribution is 2.39. The molecule has 5 nitrogen and oxygen atoms in total. The van der Waals surface area contributed by atoms with Gasteiger partial charge in [-0.1, -0.05) is 23.2 Å². The highest BCUT2D eigenvalue weighted by atomic mass is 35.5. The Kier molecular flexibility index (Phi) is 5.67. The first-order valence-electron chi connectivity index (χ1n) is 7.09. The summed E-state index contributed by atoms with van der Waals surface area (Å²) in [6.45, 7) is 1.70. The lowest BCUT2D eigenvalue weighted by Gasteiger charge is -2.37. The van der Waals surface area contributed by atoms with Gasteiger partial charge in [0, 0.05) is 18.7 Å². The molecule has 0 saturated carbocycles. The predicted molar refractivity (Wildman–Crippen MR) is 86.6 cm³/mol. The minimum absolute atomic E-state index is 0.0285. The van der Waals surface area contributed by atoms with Gasteiger partial charge in [-0.25, -0.2) is 0 Å². The Morgan fingerprint density at radius 1 is 1.38 bits per heavy atom. The summed E-state index contributed by atoms with van der Waals surface area (Å²) in [5.74, 6) is 0. The van der Waals surface area contributed by atoms with Crippen molar-refractivity contribution in [3.8, 4) is 0 Å². The van der Waals surface area contributed by atoms with Crippen molar-refractivity contribution in [2.24, 2.45) is 0 Å². The van der Waals surface area contributed by atoms with Crippen molar-refractivity contribution in [1.82, 2.24) is 5.32 Å². The van der Waals surface area contributed by atoms with E-state index >= 15 is 0 Å². The number of hydrogen-bond donors (Lipinski definition) is 1. The summed E-state index contributed by atoms with van der Waals surface area (Å²) in [6.07, 6.45) is 4.18. The van der Waals surface area contributed by atoms with Gasteiger partial charge in [0.1, 0.15) is 5.69 Å². The third kappa shape index (κ3) is 3.78. The van der Waals surface area contributed by atoms with Crippen LogP contribution in [-0.2, 0) is 0 Å². The van der Waals surface area contributed by atoms with Gasteiger partial charge in [0.25, 0.3) is 5.69 Å². The first-order chi connectivity index (χ1) is 10.0. The van der Waals surface area contributed by atoms with Crippen molar-refractivity contribution in [2.45, 2.75) is 31.7 Å². The number of nitro groups is 1. The molecule has 1 aromatic rings. The van der Waals surface area contributed by atoms with Gasteiger partial charge in [-0.2, -0.15) is 0 Å². The Morgan fingerprint density at radius 2 is 2.10 bits per heavy atom. The van der Waals surface area contributed by atoms with Gasteiger partial charge in [0.15, 0.2) is 0 Å². The van der Waals surface area contributed by atoms with E-state index in [-0.39, 0.29) is 15.6 Å². The fourth-order valence-electron chi connectivity index (χ4n) is 2.83. The Bertz CT molecular complexity index is 525. The van der Waals surface area contributed by atoms with E-state index in [0.717, 1.165) is 38.8 Å². The van der Waals surface area contributed by atoms with Crippen LogP contribution in [0.2, 0.25) is 10.0 Å². The summed E-state index contributed by atoms with van der Waals surface area (Å²) in [6, 6.07) is 3.27. The highest BCUT2D eigenvalue weighted by molar-refractivity contribution is 6.42. The van der Waals surface area contributed by atoms with Crippen LogP contribution in [0.25, 0.3) is 0 Å². The third-order valence-corrected chi connectivity index (χ3v) is 4.60. The van der Waals surface area contributed by atoms with Crippen molar-refractivity contribution < 1.29 is 4.92 Å². The molecule has 7 heteroatoms. The maximum absolute atomic E-state index is 11.3. The molecular weight excluding hydrogens is 313 g/mol. The topological polar surface area (TPSA) is 58.4 Å². The number of nitrogens with one attached hydrogen (secondary N) is 1. The monoisotopic (exact) mass is 331 g/mol. The summed E-state index contributed by atoms with van der Waals surface area (Å²) in [5, 5.41) is 15.0. The number of nitrogens with zero attached hydrogens (tertiary/aromatic N) is 2. The lowest BCUT2D eigenvalue weighted by atomic mass is 9.98. The Morgan fingerprint density at radius 3 is 2.76 bits per heavy atom. The zero-order valence-corrected chi connectivity index (χ0v) is 13.5. The summed E-state index contributed by atoms with van der Waals surface area (Å²) >= 11 is 12.0. The maximum atomic E-state index is 11.3. The van der Waals surface area contributed by atoms with Gasteiger partial charge in [0.05, 0.1) is 15.0 Å². The molecule has 0 amide bonds. The zero-order chi connectivity index (χ0) is 15.4. The van der Waals surface area contributed by atoms with Crippen LogP contribution >= 0.6 is 23.2 Å². The first kappa shape index (κ1) is 16.3. The van der Waals surface area contributed by atoms with Crippen LogP contribution in [0.4, 0.5) is 11.4 Å². The average Bonchev–Trinajstić information content (AvgIpc) is 2.47. The quantitative estimate of drug-likeness (QED) is 0.657. The molecule has 116 valence electrons. The van der Waals surface area contributed by atoms with Crippen molar-refractivity contribution in [1.29, 1.82) is 0 Å². The van der Waals surface area contributed by atoms with Crippen LogP contribution in [0, 0.1) is 10.1 Å². The molecule has 1 aliphatic rings. The number of benzene rings is 1. The van der Waals surface area contributed by atoms with Crippen LogP contribution in [0.3, 0.4) is 0 Å². The standard InChI is InChI=1S/C14H19Cl2N3O2/c1-17-6-5-10-4-2-3-7-18(10)13-8-11(15)12(16)9-14(13)19(20)21/h8-10,17H,2-7H2,1H3. The number of nitro benzene ring substituents is 1. The summed E-state index contributed by atoms with van der Waals surface area (Å²) in [5.41, 5.74) is 0.607. The van der Waals surface area contributed by atoms with E-state index in [1.165, 1.54) is 6.07 Å². The summed E-state index contributed by atoms with van der Waals surface area (Å²) in [7, 11) is 1.91. The Balaban J connectivity index is 2.37. The summed E-state index contributed by atoms with van der Waals surface area (Å²) in [4.78, 5) is 13.0. The van der Waals surface area contributed by atoms with E-state index in [9.17, 15) is 10.1 Å². The maximum Gasteiger partial charge on any atom is 0.294 e. The zero-order valence-electron chi connectivity index (χ0n) is 11.9.